The summed E-state index contributed by atoms with van der Waals surface area (Å²) < 4.78 is 5.34. The first-order chi connectivity index (χ1) is 9.75. The van der Waals surface area contributed by atoms with Gasteiger partial charge in [-0.1, -0.05) is 30.3 Å². The zero-order valence-electron chi connectivity index (χ0n) is 12.0. The average molecular weight is 293 g/mol. The fraction of sp³-hybridized carbons (Fsp3) is 0.533. The van der Waals surface area contributed by atoms with E-state index in [2.05, 4.69) is 39.4 Å². The second-order valence-corrected chi connectivity index (χ2v) is 5.41. The number of benzene rings is 1. The Morgan fingerprint density at radius 3 is 2.70 bits per heavy atom. The van der Waals surface area contributed by atoms with Gasteiger partial charge in [0.05, 0.1) is 13.2 Å². The second kappa shape index (κ2) is 8.19. The smallest absolute Gasteiger partial charge is 0.169 e. The molecule has 0 aliphatic carbocycles. The first kappa shape index (κ1) is 15.2. The van der Waals surface area contributed by atoms with Gasteiger partial charge in [-0.25, -0.2) is 0 Å². The number of thiocarbonyl (C=S) groups is 1. The van der Waals surface area contributed by atoms with Crippen LogP contribution in [0, 0.1) is 0 Å². The lowest BCUT2D eigenvalue weighted by Crippen LogP contribution is -2.43. The Labute approximate surface area is 126 Å². The Balaban J connectivity index is 1.66. The summed E-state index contributed by atoms with van der Waals surface area (Å²) >= 11 is 5.41. The molecule has 0 amide bonds. The van der Waals surface area contributed by atoms with Crippen LogP contribution in [0.1, 0.15) is 5.56 Å². The van der Waals surface area contributed by atoms with Crippen molar-refractivity contribution in [3.63, 3.8) is 0 Å². The summed E-state index contributed by atoms with van der Waals surface area (Å²) in [7, 11) is 2.02. The van der Waals surface area contributed by atoms with Gasteiger partial charge >= 0.3 is 0 Å². The molecule has 0 unspecified atom stereocenters. The van der Waals surface area contributed by atoms with Gasteiger partial charge in [-0.2, -0.15) is 0 Å². The van der Waals surface area contributed by atoms with E-state index in [1.165, 1.54) is 5.56 Å². The Morgan fingerprint density at radius 2 is 2.00 bits per heavy atom. The van der Waals surface area contributed by atoms with Crippen molar-refractivity contribution in [1.82, 2.24) is 15.1 Å². The molecule has 0 bridgehead atoms. The van der Waals surface area contributed by atoms with Crippen LogP contribution < -0.4 is 5.32 Å². The number of rotatable bonds is 5. The summed E-state index contributed by atoms with van der Waals surface area (Å²) in [6.07, 6.45) is 0. The highest BCUT2D eigenvalue weighted by atomic mass is 32.1. The van der Waals surface area contributed by atoms with E-state index >= 15 is 0 Å². The van der Waals surface area contributed by atoms with Gasteiger partial charge in [-0.15, -0.1) is 0 Å². The Morgan fingerprint density at radius 1 is 1.30 bits per heavy atom. The number of ether oxygens (including phenoxy) is 1. The minimum absolute atomic E-state index is 0.808. The maximum atomic E-state index is 5.41. The fourth-order valence-corrected chi connectivity index (χ4v) is 2.38. The third-order valence-electron chi connectivity index (χ3n) is 3.42. The van der Waals surface area contributed by atoms with Crippen LogP contribution in [-0.2, 0) is 11.3 Å². The van der Waals surface area contributed by atoms with Gasteiger partial charge in [0.2, 0.25) is 0 Å². The van der Waals surface area contributed by atoms with Crippen LogP contribution in [-0.4, -0.2) is 61.4 Å². The van der Waals surface area contributed by atoms with Crippen molar-refractivity contribution in [2.24, 2.45) is 0 Å². The zero-order valence-corrected chi connectivity index (χ0v) is 12.9. The molecule has 2 rings (SSSR count). The van der Waals surface area contributed by atoms with Gasteiger partial charge in [-0.05, 0) is 17.8 Å². The summed E-state index contributed by atoms with van der Waals surface area (Å²) in [5, 5.41) is 4.13. The van der Waals surface area contributed by atoms with E-state index in [1.54, 1.807) is 0 Å². The first-order valence-electron chi connectivity index (χ1n) is 7.08. The monoisotopic (exact) mass is 293 g/mol. The van der Waals surface area contributed by atoms with Gasteiger partial charge in [0.1, 0.15) is 0 Å². The molecule has 110 valence electrons. The molecule has 1 saturated heterocycles. The molecule has 0 aromatic heterocycles. The summed E-state index contributed by atoms with van der Waals surface area (Å²) in [5.74, 6) is 0. The lowest BCUT2D eigenvalue weighted by atomic mass is 10.2. The SMILES string of the molecule is CN(Cc1ccccc1)C(=S)NCCN1CCOCC1. The summed E-state index contributed by atoms with van der Waals surface area (Å²) in [6, 6.07) is 10.4. The van der Waals surface area contributed by atoms with Crippen LogP contribution in [0.4, 0.5) is 0 Å². The number of hydrogen-bond acceptors (Lipinski definition) is 3. The molecule has 1 heterocycles. The number of morpholine rings is 1. The molecule has 20 heavy (non-hydrogen) atoms. The molecular formula is C15H23N3OS. The van der Waals surface area contributed by atoms with Crippen molar-refractivity contribution >= 4 is 17.3 Å². The van der Waals surface area contributed by atoms with Crippen LogP contribution in [0.2, 0.25) is 0 Å². The second-order valence-electron chi connectivity index (χ2n) is 5.03. The van der Waals surface area contributed by atoms with E-state index in [1.807, 2.05) is 13.1 Å². The van der Waals surface area contributed by atoms with Gasteiger partial charge < -0.3 is 15.0 Å². The van der Waals surface area contributed by atoms with Crippen LogP contribution >= 0.6 is 12.2 Å². The first-order valence-corrected chi connectivity index (χ1v) is 7.49. The average Bonchev–Trinajstić information content (AvgIpc) is 2.49. The molecule has 1 fully saturated rings. The minimum atomic E-state index is 0.808. The minimum Gasteiger partial charge on any atom is -0.379 e. The Kier molecular flexibility index (Phi) is 6.24. The molecule has 0 radical (unpaired) electrons. The third-order valence-corrected chi connectivity index (χ3v) is 3.87. The zero-order chi connectivity index (χ0) is 14.2. The summed E-state index contributed by atoms with van der Waals surface area (Å²) in [5.41, 5.74) is 1.27. The van der Waals surface area contributed by atoms with Crippen LogP contribution in [0.3, 0.4) is 0 Å². The van der Waals surface area contributed by atoms with Gasteiger partial charge in [0.15, 0.2) is 5.11 Å². The largest absolute Gasteiger partial charge is 0.379 e. The normalized spacial score (nSPS) is 15.8. The van der Waals surface area contributed by atoms with Gasteiger partial charge in [-0.3, -0.25) is 4.90 Å². The van der Waals surface area contributed by atoms with E-state index in [-0.39, 0.29) is 0 Å². The van der Waals surface area contributed by atoms with Crippen molar-refractivity contribution in [3.05, 3.63) is 35.9 Å². The van der Waals surface area contributed by atoms with Crippen LogP contribution in [0.15, 0.2) is 30.3 Å². The maximum absolute atomic E-state index is 5.41. The molecule has 1 aliphatic rings. The Hall–Kier alpha value is -1.17. The standard InChI is InChI=1S/C15H23N3OS/c1-17(13-14-5-3-2-4-6-14)15(20)16-7-8-18-9-11-19-12-10-18/h2-6H,7-13H2,1H3,(H,16,20). The van der Waals surface area contributed by atoms with E-state index in [4.69, 9.17) is 17.0 Å². The number of nitrogens with zero attached hydrogens (tertiary/aromatic N) is 2. The van der Waals surface area contributed by atoms with Crippen LogP contribution in [0.25, 0.3) is 0 Å². The molecule has 1 aliphatic heterocycles. The summed E-state index contributed by atoms with van der Waals surface area (Å²) in [6.45, 7) is 6.48. The lowest BCUT2D eigenvalue weighted by molar-refractivity contribution is 0.0389. The van der Waals surface area contributed by atoms with E-state index in [0.717, 1.165) is 51.0 Å². The third kappa shape index (κ3) is 5.07. The van der Waals surface area contributed by atoms with Crippen molar-refractivity contribution in [3.8, 4) is 0 Å². The van der Waals surface area contributed by atoms with Crippen molar-refractivity contribution in [1.29, 1.82) is 0 Å². The fourth-order valence-electron chi connectivity index (χ4n) is 2.21. The highest BCUT2D eigenvalue weighted by Crippen LogP contribution is 2.02. The molecule has 4 nitrogen and oxygen atoms in total. The van der Waals surface area contributed by atoms with Crippen molar-refractivity contribution < 1.29 is 4.74 Å². The van der Waals surface area contributed by atoms with Gasteiger partial charge in [0.25, 0.3) is 0 Å². The Bertz CT molecular complexity index is 407. The van der Waals surface area contributed by atoms with Gasteiger partial charge in [0, 0.05) is 39.8 Å². The summed E-state index contributed by atoms with van der Waals surface area (Å²) in [4.78, 5) is 4.47. The highest BCUT2D eigenvalue weighted by molar-refractivity contribution is 7.80. The predicted molar refractivity (Wildman–Crippen MR) is 85.8 cm³/mol. The molecule has 0 atom stereocenters. The van der Waals surface area contributed by atoms with Crippen molar-refractivity contribution in [2.75, 3.05) is 46.4 Å². The molecule has 5 heteroatoms. The molecule has 0 saturated carbocycles. The molecular weight excluding hydrogens is 270 g/mol. The lowest BCUT2D eigenvalue weighted by Gasteiger charge is -2.27. The molecule has 1 N–H and O–H groups in total. The predicted octanol–water partition coefficient (Wildman–Crippen LogP) is 1.33. The van der Waals surface area contributed by atoms with E-state index in [0.29, 0.717) is 0 Å². The van der Waals surface area contributed by atoms with E-state index < -0.39 is 0 Å². The maximum Gasteiger partial charge on any atom is 0.169 e. The molecule has 0 spiro atoms. The number of nitrogens with one attached hydrogen (secondary N) is 1. The van der Waals surface area contributed by atoms with Crippen LogP contribution in [0.5, 0.6) is 0 Å². The highest BCUT2D eigenvalue weighted by Gasteiger charge is 2.10. The number of hydrogen-bond donors (Lipinski definition) is 1. The van der Waals surface area contributed by atoms with Crippen molar-refractivity contribution in [2.45, 2.75) is 6.54 Å². The topological polar surface area (TPSA) is 27.7 Å². The molecule has 1 aromatic rings. The quantitative estimate of drug-likeness (QED) is 0.827. The molecule has 1 aromatic carbocycles. The van der Waals surface area contributed by atoms with E-state index in [9.17, 15) is 0 Å².